The highest BCUT2D eigenvalue weighted by Crippen LogP contribution is 2.36. The molecule has 0 aliphatic rings. The molecule has 1 aromatic rings. The summed E-state index contributed by atoms with van der Waals surface area (Å²) in [4.78, 5) is 10.4. The van der Waals surface area contributed by atoms with Crippen LogP contribution >= 0.6 is 11.6 Å². The number of carboxylic acids is 1. The smallest absolute Gasteiger partial charge is 0.328 e. The van der Waals surface area contributed by atoms with Gasteiger partial charge in [-0.25, -0.2) is 4.79 Å². The quantitative estimate of drug-likeness (QED) is 0.806. The molecule has 0 fully saturated rings. The van der Waals surface area contributed by atoms with Crippen molar-refractivity contribution in [3.05, 3.63) is 28.8 Å². The molecule has 18 heavy (non-hydrogen) atoms. The van der Waals surface area contributed by atoms with Crippen molar-refractivity contribution < 1.29 is 19.4 Å². The summed E-state index contributed by atoms with van der Waals surface area (Å²) in [6.45, 7) is 2.53. The van der Waals surface area contributed by atoms with Crippen LogP contribution in [0.4, 0.5) is 0 Å². The standard InChI is InChI=1S/C13H15ClO4/c1-3-6-18-13-10(14)7-9(4-5-12(15)16)8-11(13)17-2/h4-5,7-8H,3,6H2,1-2H3,(H,15,16)/b5-4-. The molecule has 0 aliphatic carbocycles. The average molecular weight is 271 g/mol. The van der Waals surface area contributed by atoms with Crippen molar-refractivity contribution in [3.8, 4) is 11.5 Å². The molecule has 0 saturated carbocycles. The molecule has 0 unspecified atom stereocenters. The highest BCUT2D eigenvalue weighted by atomic mass is 35.5. The Morgan fingerprint density at radius 2 is 2.22 bits per heavy atom. The maximum Gasteiger partial charge on any atom is 0.328 e. The first-order chi connectivity index (χ1) is 8.58. The van der Waals surface area contributed by atoms with Gasteiger partial charge < -0.3 is 14.6 Å². The molecule has 0 aliphatic heterocycles. The molecule has 0 aromatic heterocycles. The van der Waals surface area contributed by atoms with Crippen LogP contribution in [0.15, 0.2) is 18.2 Å². The van der Waals surface area contributed by atoms with E-state index in [0.717, 1.165) is 12.5 Å². The summed E-state index contributed by atoms with van der Waals surface area (Å²) in [5, 5.41) is 8.96. The third-order valence-electron chi connectivity index (χ3n) is 2.12. The predicted molar refractivity (Wildman–Crippen MR) is 70.5 cm³/mol. The van der Waals surface area contributed by atoms with Gasteiger partial charge in [0.2, 0.25) is 0 Å². The minimum absolute atomic E-state index is 0.396. The van der Waals surface area contributed by atoms with Gasteiger partial charge in [-0.05, 0) is 30.2 Å². The van der Waals surface area contributed by atoms with Crippen LogP contribution in [0.1, 0.15) is 18.9 Å². The van der Waals surface area contributed by atoms with Crippen LogP contribution in [0.5, 0.6) is 11.5 Å². The van der Waals surface area contributed by atoms with Crippen molar-refractivity contribution in [2.24, 2.45) is 0 Å². The molecule has 1 N–H and O–H groups in total. The molecule has 0 atom stereocenters. The average Bonchev–Trinajstić information content (AvgIpc) is 2.34. The molecular formula is C13H15ClO4. The van der Waals surface area contributed by atoms with Crippen LogP contribution in [0.3, 0.4) is 0 Å². The first-order valence-corrected chi connectivity index (χ1v) is 5.87. The summed E-state index contributed by atoms with van der Waals surface area (Å²) in [5.41, 5.74) is 0.642. The Balaban J connectivity index is 3.06. The number of carboxylic acid groups (broad SMARTS) is 1. The number of benzene rings is 1. The number of hydrogen-bond acceptors (Lipinski definition) is 3. The van der Waals surface area contributed by atoms with Crippen molar-refractivity contribution >= 4 is 23.6 Å². The second kappa shape index (κ2) is 6.91. The van der Waals surface area contributed by atoms with E-state index in [2.05, 4.69) is 0 Å². The monoisotopic (exact) mass is 270 g/mol. The number of carbonyl (C=O) groups is 1. The molecule has 4 nitrogen and oxygen atoms in total. The first kappa shape index (κ1) is 14.4. The third-order valence-corrected chi connectivity index (χ3v) is 2.40. The number of halogens is 1. The molecule has 0 saturated heterocycles. The molecule has 5 heteroatoms. The van der Waals surface area contributed by atoms with Crippen molar-refractivity contribution in [1.29, 1.82) is 0 Å². The Morgan fingerprint density at radius 1 is 1.50 bits per heavy atom. The minimum Gasteiger partial charge on any atom is -0.493 e. The van der Waals surface area contributed by atoms with E-state index in [1.54, 1.807) is 12.1 Å². The second-order valence-electron chi connectivity index (χ2n) is 3.55. The minimum atomic E-state index is -1.02. The van der Waals surface area contributed by atoms with Gasteiger partial charge in [-0.1, -0.05) is 18.5 Å². The van der Waals surface area contributed by atoms with E-state index < -0.39 is 5.97 Å². The van der Waals surface area contributed by atoms with Crippen molar-refractivity contribution in [2.45, 2.75) is 13.3 Å². The largest absolute Gasteiger partial charge is 0.493 e. The predicted octanol–water partition coefficient (Wildman–Crippen LogP) is 3.24. The van der Waals surface area contributed by atoms with Gasteiger partial charge in [-0.15, -0.1) is 0 Å². The van der Waals surface area contributed by atoms with E-state index in [-0.39, 0.29) is 0 Å². The summed E-state index contributed by atoms with van der Waals surface area (Å²) in [7, 11) is 1.51. The molecule has 0 amide bonds. The van der Waals surface area contributed by atoms with Crippen LogP contribution in [-0.2, 0) is 4.79 Å². The normalized spacial score (nSPS) is 10.6. The highest BCUT2D eigenvalue weighted by molar-refractivity contribution is 6.32. The molecule has 0 bridgehead atoms. The molecule has 0 heterocycles. The zero-order valence-electron chi connectivity index (χ0n) is 10.3. The molecule has 98 valence electrons. The lowest BCUT2D eigenvalue weighted by Gasteiger charge is -2.12. The van der Waals surface area contributed by atoms with Gasteiger partial charge in [-0.3, -0.25) is 0 Å². The van der Waals surface area contributed by atoms with Gasteiger partial charge in [0, 0.05) is 6.08 Å². The zero-order valence-corrected chi connectivity index (χ0v) is 11.0. The van der Waals surface area contributed by atoms with Crippen LogP contribution in [-0.4, -0.2) is 24.8 Å². The van der Waals surface area contributed by atoms with Crippen LogP contribution in [0.25, 0.3) is 6.08 Å². The summed E-state index contributed by atoms with van der Waals surface area (Å²) in [5.74, 6) is -0.0501. The fourth-order valence-electron chi connectivity index (χ4n) is 1.35. The summed E-state index contributed by atoms with van der Waals surface area (Å²) < 4.78 is 10.7. The Labute approximate surface area is 111 Å². The van der Waals surface area contributed by atoms with Crippen LogP contribution in [0, 0.1) is 0 Å². The van der Waals surface area contributed by atoms with E-state index >= 15 is 0 Å². The lowest BCUT2D eigenvalue weighted by atomic mass is 10.2. The van der Waals surface area contributed by atoms with Crippen LogP contribution in [0.2, 0.25) is 5.02 Å². The fourth-order valence-corrected chi connectivity index (χ4v) is 1.62. The van der Waals surface area contributed by atoms with Gasteiger partial charge in [0.05, 0.1) is 18.7 Å². The molecule has 1 aromatic carbocycles. The lowest BCUT2D eigenvalue weighted by molar-refractivity contribution is -0.131. The topological polar surface area (TPSA) is 55.8 Å². The van der Waals surface area contributed by atoms with Gasteiger partial charge in [0.25, 0.3) is 0 Å². The molecule has 0 spiro atoms. The SMILES string of the molecule is CCCOc1c(Cl)cc(/C=C\C(=O)O)cc1OC. The number of methoxy groups -OCH3 is 1. The lowest BCUT2D eigenvalue weighted by Crippen LogP contribution is -1.99. The molecule has 0 radical (unpaired) electrons. The second-order valence-corrected chi connectivity index (χ2v) is 3.96. The van der Waals surface area contributed by atoms with Crippen LogP contribution < -0.4 is 9.47 Å². The maximum absolute atomic E-state index is 10.4. The fraction of sp³-hybridized carbons (Fsp3) is 0.308. The Morgan fingerprint density at radius 3 is 2.78 bits per heavy atom. The summed E-state index contributed by atoms with van der Waals surface area (Å²) in [6.07, 6.45) is 3.35. The van der Waals surface area contributed by atoms with Crippen molar-refractivity contribution in [3.63, 3.8) is 0 Å². The number of hydrogen-bond donors (Lipinski definition) is 1. The first-order valence-electron chi connectivity index (χ1n) is 5.49. The third kappa shape index (κ3) is 3.96. The Kier molecular flexibility index (Phi) is 5.52. The van der Waals surface area contributed by atoms with E-state index in [1.165, 1.54) is 13.2 Å². The number of rotatable bonds is 6. The van der Waals surface area contributed by atoms with E-state index in [9.17, 15) is 4.79 Å². The number of ether oxygens (including phenoxy) is 2. The van der Waals surface area contributed by atoms with Crippen molar-refractivity contribution in [2.75, 3.05) is 13.7 Å². The van der Waals surface area contributed by atoms with Gasteiger partial charge in [-0.2, -0.15) is 0 Å². The zero-order chi connectivity index (χ0) is 13.5. The maximum atomic E-state index is 10.4. The molecule has 1 rings (SSSR count). The van der Waals surface area contributed by atoms with Gasteiger partial charge in [0.1, 0.15) is 0 Å². The van der Waals surface area contributed by atoms with E-state index in [1.807, 2.05) is 6.92 Å². The number of aliphatic carboxylic acids is 1. The van der Waals surface area contributed by atoms with Gasteiger partial charge >= 0.3 is 5.97 Å². The Hall–Kier alpha value is -1.68. The molecular weight excluding hydrogens is 256 g/mol. The van der Waals surface area contributed by atoms with Crippen molar-refractivity contribution in [1.82, 2.24) is 0 Å². The van der Waals surface area contributed by atoms with E-state index in [4.69, 9.17) is 26.2 Å². The highest BCUT2D eigenvalue weighted by Gasteiger charge is 2.10. The van der Waals surface area contributed by atoms with Gasteiger partial charge in [0.15, 0.2) is 11.5 Å². The van der Waals surface area contributed by atoms with E-state index in [0.29, 0.717) is 28.7 Å². The summed E-state index contributed by atoms with van der Waals surface area (Å²) in [6, 6.07) is 3.31. The Bertz CT molecular complexity index is 455. The summed E-state index contributed by atoms with van der Waals surface area (Å²) >= 11 is 6.08.